The van der Waals surface area contributed by atoms with Gasteiger partial charge in [-0.2, -0.15) is 0 Å². The highest BCUT2D eigenvalue weighted by molar-refractivity contribution is 5.74. The van der Waals surface area contributed by atoms with Gasteiger partial charge in [0.05, 0.1) is 25.4 Å². The number of rotatable bonds is 10. The first-order valence-electron chi connectivity index (χ1n) is 6.66. The zero-order chi connectivity index (χ0) is 13.9. The summed E-state index contributed by atoms with van der Waals surface area (Å²) in [6.07, 6.45) is 2.08. The summed E-state index contributed by atoms with van der Waals surface area (Å²) < 4.78 is 10.2. The summed E-state index contributed by atoms with van der Waals surface area (Å²) in [7, 11) is 0. The fraction of sp³-hybridized carbons (Fsp3) is 0.846. The second-order valence-electron chi connectivity index (χ2n) is 5.43. The topological polar surface area (TPSA) is 105 Å². The largest absolute Gasteiger partial charge is 0.550 e. The molecule has 2 rings (SSSR count). The number of carbonyl (C=O) groups is 2. The molecule has 0 aromatic heterocycles. The summed E-state index contributed by atoms with van der Waals surface area (Å²) in [5.74, 6) is -2.40. The first-order valence-corrected chi connectivity index (χ1v) is 6.66. The Morgan fingerprint density at radius 2 is 1.47 bits per heavy atom. The van der Waals surface area contributed by atoms with Gasteiger partial charge in [-0.15, -0.1) is 0 Å². The molecule has 0 amide bonds. The monoisotopic (exact) mass is 270 g/mol. The van der Waals surface area contributed by atoms with Gasteiger partial charge in [-0.1, -0.05) is 0 Å². The summed E-state index contributed by atoms with van der Waals surface area (Å²) >= 11 is 0. The van der Waals surface area contributed by atoms with E-state index in [1.807, 2.05) is 0 Å². The van der Waals surface area contributed by atoms with E-state index in [4.69, 9.17) is 9.47 Å². The van der Waals surface area contributed by atoms with Gasteiger partial charge >= 0.3 is 0 Å². The van der Waals surface area contributed by atoms with Gasteiger partial charge in [0.15, 0.2) is 0 Å². The van der Waals surface area contributed by atoms with E-state index < -0.39 is 17.4 Å². The minimum absolute atomic E-state index is 0.0527. The molecule has 6 nitrogen and oxygen atoms in total. The van der Waals surface area contributed by atoms with Crippen molar-refractivity contribution in [2.24, 2.45) is 5.41 Å². The van der Waals surface area contributed by atoms with Crippen LogP contribution in [0.25, 0.3) is 0 Å². The van der Waals surface area contributed by atoms with E-state index in [0.717, 1.165) is 0 Å². The predicted molar refractivity (Wildman–Crippen MR) is 59.6 cm³/mol. The van der Waals surface area contributed by atoms with Crippen molar-refractivity contribution in [2.75, 3.05) is 13.2 Å². The van der Waals surface area contributed by atoms with Crippen LogP contribution in [0.5, 0.6) is 0 Å². The molecular weight excluding hydrogens is 252 g/mol. The second-order valence-corrected chi connectivity index (χ2v) is 5.43. The average molecular weight is 270 g/mol. The van der Waals surface area contributed by atoms with E-state index in [1.54, 1.807) is 0 Å². The quantitative estimate of drug-likeness (QED) is 0.452. The van der Waals surface area contributed by atoms with Crippen LogP contribution in [0.1, 0.15) is 38.5 Å². The SMILES string of the molecule is O=C([O-])CCC(CCC1CO1)(CCC1CO1)C(=O)[O-]. The van der Waals surface area contributed by atoms with Crippen molar-refractivity contribution >= 4 is 11.9 Å². The van der Waals surface area contributed by atoms with Gasteiger partial charge in [0, 0.05) is 17.4 Å². The summed E-state index contributed by atoms with van der Waals surface area (Å²) in [6.45, 7) is 1.32. The van der Waals surface area contributed by atoms with Crippen LogP contribution < -0.4 is 10.2 Å². The van der Waals surface area contributed by atoms with Crippen LogP contribution in [-0.2, 0) is 19.1 Å². The van der Waals surface area contributed by atoms with E-state index in [9.17, 15) is 19.8 Å². The van der Waals surface area contributed by atoms with Crippen molar-refractivity contribution in [3.8, 4) is 0 Å². The molecule has 19 heavy (non-hydrogen) atoms. The van der Waals surface area contributed by atoms with Crippen LogP contribution >= 0.6 is 0 Å². The Morgan fingerprint density at radius 3 is 1.79 bits per heavy atom. The van der Waals surface area contributed by atoms with Crippen LogP contribution in [0, 0.1) is 5.41 Å². The Balaban J connectivity index is 1.94. The number of hydrogen-bond acceptors (Lipinski definition) is 6. The molecule has 2 unspecified atom stereocenters. The number of aliphatic carboxylic acids is 2. The maximum Gasteiger partial charge on any atom is 0.0810 e. The number of carboxylic acids is 2. The third kappa shape index (κ3) is 4.47. The lowest BCUT2D eigenvalue weighted by Crippen LogP contribution is -2.44. The normalized spacial score (nSPS) is 27.6. The highest BCUT2D eigenvalue weighted by atomic mass is 16.6. The molecule has 6 heteroatoms. The molecule has 0 aromatic carbocycles. The van der Waals surface area contributed by atoms with E-state index >= 15 is 0 Å². The van der Waals surface area contributed by atoms with Crippen LogP contribution in [0.2, 0.25) is 0 Å². The van der Waals surface area contributed by atoms with Crippen molar-refractivity contribution < 1.29 is 29.3 Å². The summed E-state index contributed by atoms with van der Waals surface area (Å²) in [5.41, 5.74) is -1.10. The van der Waals surface area contributed by atoms with Gasteiger partial charge in [-0.05, 0) is 38.5 Å². The molecule has 0 aliphatic carbocycles. The molecule has 0 spiro atoms. The number of carbonyl (C=O) groups excluding carboxylic acids is 2. The van der Waals surface area contributed by atoms with Gasteiger partial charge in [-0.3, -0.25) is 0 Å². The Morgan fingerprint density at radius 1 is 1.00 bits per heavy atom. The Hall–Kier alpha value is -1.14. The molecular formula is C13H18O6-2. The lowest BCUT2D eigenvalue weighted by atomic mass is 9.74. The van der Waals surface area contributed by atoms with E-state index in [1.165, 1.54) is 0 Å². The van der Waals surface area contributed by atoms with Crippen LogP contribution in [0.4, 0.5) is 0 Å². The van der Waals surface area contributed by atoms with Crippen LogP contribution in [0.3, 0.4) is 0 Å². The lowest BCUT2D eigenvalue weighted by Gasteiger charge is -2.35. The van der Waals surface area contributed by atoms with Gasteiger partial charge in [-0.25, -0.2) is 0 Å². The molecule has 2 fully saturated rings. The van der Waals surface area contributed by atoms with Crippen molar-refractivity contribution in [1.29, 1.82) is 0 Å². The van der Waals surface area contributed by atoms with Crippen molar-refractivity contribution in [3.05, 3.63) is 0 Å². The number of ether oxygens (including phenoxy) is 2. The second kappa shape index (κ2) is 5.88. The highest BCUT2D eigenvalue weighted by Crippen LogP contribution is 2.38. The van der Waals surface area contributed by atoms with Crippen molar-refractivity contribution in [3.63, 3.8) is 0 Å². The van der Waals surface area contributed by atoms with Gasteiger partial charge in [0.2, 0.25) is 0 Å². The van der Waals surface area contributed by atoms with Gasteiger partial charge in [0.1, 0.15) is 0 Å². The fourth-order valence-corrected chi connectivity index (χ4v) is 2.37. The summed E-state index contributed by atoms with van der Waals surface area (Å²) in [4.78, 5) is 22.1. The van der Waals surface area contributed by atoms with E-state index in [-0.39, 0.29) is 25.0 Å². The third-order valence-electron chi connectivity index (χ3n) is 3.94. The fourth-order valence-electron chi connectivity index (χ4n) is 2.37. The standard InChI is InChI=1S/C13H20O6/c14-11(15)3-6-13(12(16)17,4-1-9-7-18-9)5-2-10-8-19-10/h9-10H,1-8H2,(H,14,15)(H,16,17)/p-2. The Bertz CT molecular complexity index is 329. The van der Waals surface area contributed by atoms with E-state index in [0.29, 0.717) is 38.9 Å². The average Bonchev–Trinajstić information content (AvgIpc) is 3.22. The smallest absolute Gasteiger partial charge is 0.0810 e. The molecule has 2 heterocycles. The third-order valence-corrected chi connectivity index (χ3v) is 3.94. The Kier molecular flexibility index (Phi) is 4.42. The molecule has 108 valence electrons. The minimum Gasteiger partial charge on any atom is -0.550 e. The van der Waals surface area contributed by atoms with Crippen LogP contribution in [-0.4, -0.2) is 37.4 Å². The summed E-state index contributed by atoms with van der Waals surface area (Å²) in [5, 5.41) is 22.1. The molecule has 2 saturated heterocycles. The van der Waals surface area contributed by atoms with Crippen molar-refractivity contribution in [2.45, 2.75) is 50.7 Å². The van der Waals surface area contributed by atoms with Gasteiger partial charge in [0.25, 0.3) is 0 Å². The molecule has 0 radical (unpaired) electrons. The molecule has 0 bridgehead atoms. The maximum absolute atomic E-state index is 11.5. The number of hydrogen-bond donors (Lipinski definition) is 0. The molecule has 2 aliphatic heterocycles. The zero-order valence-electron chi connectivity index (χ0n) is 10.8. The molecule has 0 saturated carbocycles. The van der Waals surface area contributed by atoms with Gasteiger partial charge < -0.3 is 29.3 Å². The highest BCUT2D eigenvalue weighted by Gasteiger charge is 2.36. The molecule has 2 atom stereocenters. The zero-order valence-corrected chi connectivity index (χ0v) is 10.8. The molecule has 0 aromatic rings. The minimum atomic E-state index is -1.23. The first kappa shape index (κ1) is 14.3. The van der Waals surface area contributed by atoms with Crippen molar-refractivity contribution in [1.82, 2.24) is 0 Å². The maximum atomic E-state index is 11.5. The molecule has 2 aliphatic rings. The van der Waals surface area contributed by atoms with E-state index in [2.05, 4.69) is 0 Å². The molecule has 0 N–H and O–H groups in total. The lowest BCUT2D eigenvalue weighted by molar-refractivity contribution is -0.321. The number of carboxylic acid groups (broad SMARTS) is 2. The summed E-state index contributed by atoms with van der Waals surface area (Å²) in [6, 6.07) is 0. The Labute approximate surface area is 111 Å². The number of epoxide rings is 2. The van der Waals surface area contributed by atoms with Crippen LogP contribution in [0.15, 0.2) is 0 Å². The predicted octanol–water partition coefficient (Wildman–Crippen LogP) is -1.39. The first-order chi connectivity index (χ1) is 9.02.